The second-order valence-electron chi connectivity index (χ2n) is 7.02. The summed E-state index contributed by atoms with van der Waals surface area (Å²) < 4.78 is 28.4. The van der Waals surface area contributed by atoms with Gasteiger partial charge in [-0.3, -0.25) is 14.5 Å². The lowest BCUT2D eigenvalue weighted by Crippen LogP contribution is -2.14. The molecule has 3 rings (SSSR count). The Labute approximate surface area is 171 Å². The Morgan fingerprint density at radius 1 is 0.862 bits per heavy atom. The number of nitrogens with zero attached hydrogens (tertiary/aromatic N) is 1. The second-order valence-corrected chi connectivity index (χ2v) is 8.71. The smallest absolute Gasteiger partial charge is 0.261 e. The molecule has 2 N–H and O–H groups in total. The van der Waals surface area contributed by atoms with Gasteiger partial charge in [-0.2, -0.15) is 0 Å². The van der Waals surface area contributed by atoms with Crippen LogP contribution in [0.5, 0.6) is 0 Å². The summed E-state index contributed by atoms with van der Waals surface area (Å²) in [5.74, 6) is -0.185. The van der Waals surface area contributed by atoms with E-state index in [0.717, 1.165) is 27.8 Å². The Morgan fingerprint density at radius 2 is 1.59 bits per heavy atom. The quantitative estimate of drug-likeness (QED) is 0.652. The van der Waals surface area contributed by atoms with Gasteiger partial charge in [0.15, 0.2) is 0 Å². The lowest BCUT2D eigenvalue weighted by molar-refractivity contribution is -0.114. The first kappa shape index (κ1) is 20.5. The minimum absolute atomic E-state index is 0.185. The van der Waals surface area contributed by atoms with Crippen LogP contribution in [-0.4, -0.2) is 19.3 Å². The maximum atomic E-state index is 12.9. The van der Waals surface area contributed by atoms with Crippen molar-refractivity contribution in [3.63, 3.8) is 0 Å². The number of pyridine rings is 1. The molecule has 0 unspecified atom stereocenters. The third-order valence-electron chi connectivity index (χ3n) is 4.66. The van der Waals surface area contributed by atoms with Crippen molar-refractivity contribution in [2.24, 2.45) is 0 Å². The van der Waals surface area contributed by atoms with Crippen LogP contribution in [0, 0.1) is 20.8 Å². The molecule has 150 valence electrons. The van der Waals surface area contributed by atoms with E-state index >= 15 is 0 Å². The third-order valence-corrected chi connectivity index (χ3v) is 6.03. The highest BCUT2D eigenvalue weighted by molar-refractivity contribution is 7.92. The third kappa shape index (κ3) is 4.81. The van der Waals surface area contributed by atoms with Crippen molar-refractivity contribution in [1.82, 2.24) is 4.98 Å². The number of rotatable bonds is 5. The van der Waals surface area contributed by atoms with E-state index in [1.807, 2.05) is 32.9 Å². The van der Waals surface area contributed by atoms with Gasteiger partial charge in [0.25, 0.3) is 10.0 Å². The first-order chi connectivity index (χ1) is 13.7. The van der Waals surface area contributed by atoms with Gasteiger partial charge in [-0.15, -0.1) is 0 Å². The predicted octanol–water partition coefficient (Wildman–Crippen LogP) is 4.43. The monoisotopic (exact) mass is 409 g/mol. The number of anilines is 2. The largest absolute Gasteiger partial charge is 0.325 e. The van der Waals surface area contributed by atoms with Gasteiger partial charge in [0.1, 0.15) is 0 Å². The van der Waals surface area contributed by atoms with Crippen LogP contribution in [0.1, 0.15) is 23.6 Å². The minimum atomic E-state index is -3.72. The summed E-state index contributed by atoms with van der Waals surface area (Å²) in [6, 6.07) is 12.4. The number of hydrogen-bond acceptors (Lipinski definition) is 4. The fourth-order valence-corrected chi connectivity index (χ4v) is 4.07. The van der Waals surface area contributed by atoms with Crippen molar-refractivity contribution < 1.29 is 13.2 Å². The lowest BCUT2D eigenvalue weighted by Gasteiger charge is -2.14. The molecular formula is C22H23N3O3S. The standard InChI is InChI=1S/C22H23N3O3S/c1-14-6-8-21(9-16(14)3)29(27,28)25-22-11-18(7-5-15(22)2)19-10-20(13-23-12-19)24-17(4)26/h5-13,25H,1-4H3,(H,24,26). The van der Waals surface area contributed by atoms with Gasteiger partial charge in [-0.25, -0.2) is 8.42 Å². The van der Waals surface area contributed by atoms with Gasteiger partial charge in [0.05, 0.1) is 22.5 Å². The molecule has 1 aromatic heterocycles. The van der Waals surface area contributed by atoms with Crippen molar-refractivity contribution >= 4 is 27.3 Å². The Bertz CT molecular complexity index is 1190. The van der Waals surface area contributed by atoms with E-state index in [-0.39, 0.29) is 10.8 Å². The number of hydrogen-bond donors (Lipinski definition) is 2. The van der Waals surface area contributed by atoms with Crippen LogP contribution in [0.2, 0.25) is 0 Å². The number of benzene rings is 2. The summed E-state index contributed by atoms with van der Waals surface area (Å²) in [6.45, 7) is 7.09. The van der Waals surface area contributed by atoms with Crippen molar-refractivity contribution in [2.45, 2.75) is 32.6 Å². The highest BCUT2D eigenvalue weighted by Crippen LogP contribution is 2.28. The molecule has 7 heteroatoms. The highest BCUT2D eigenvalue weighted by atomic mass is 32.2. The summed E-state index contributed by atoms with van der Waals surface area (Å²) in [7, 11) is -3.72. The van der Waals surface area contributed by atoms with E-state index in [9.17, 15) is 13.2 Å². The molecule has 0 aliphatic rings. The van der Waals surface area contributed by atoms with Gasteiger partial charge in [0, 0.05) is 18.7 Å². The van der Waals surface area contributed by atoms with Gasteiger partial charge in [0.2, 0.25) is 5.91 Å². The van der Waals surface area contributed by atoms with Crippen LogP contribution in [0.4, 0.5) is 11.4 Å². The van der Waals surface area contributed by atoms with E-state index in [4.69, 9.17) is 0 Å². The molecule has 0 saturated heterocycles. The molecule has 0 spiro atoms. The molecule has 29 heavy (non-hydrogen) atoms. The number of amides is 1. The van der Waals surface area contributed by atoms with E-state index in [2.05, 4.69) is 15.0 Å². The number of nitrogens with one attached hydrogen (secondary N) is 2. The average Bonchev–Trinajstić information content (AvgIpc) is 2.65. The molecule has 0 fully saturated rings. The van der Waals surface area contributed by atoms with Crippen molar-refractivity contribution in [1.29, 1.82) is 0 Å². The molecule has 0 bridgehead atoms. The van der Waals surface area contributed by atoms with Crippen LogP contribution >= 0.6 is 0 Å². The Hall–Kier alpha value is -3.19. The van der Waals surface area contributed by atoms with E-state index in [1.54, 1.807) is 42.7 Å². The molecule has 0 atom stereocenters. The zero-order valence-corrected chi connectivity index (χ0v) is 17.6. The number of aryl methyl sites for hydroxylation is 3. The van der Waals surface area contributed by atoms with E-state index in [0.29, 0.717) is 11.4 Å². The van der Waals surface area contributed by atoms with Gasteiger partial charge >= 0.3 is 0 Å². The molecule has 0 aliphatic carbocycles. The molecule has 0 aliphatic heterocycles. The first-order valence-corrected chi connectivity index (χ1v) is 10.6. The number of aromatic nitrogens is 1. The highest BCUT2D eigenvalue weighted by Gasteiger charge is 2.16. The molecule has 3 aromatic rings. The van der Waals surface area contributed by atoms with Crippen LogP contribution in [0.15, 0.2) is 59.8 Å². The van der Waals surface area contributed by atoms with Crippen LogP contribution in [0.25, 0.3) is 11.1 Å². The first-order valence-electron chi connectivity index (χ1n) is 9.09. The molecule has 1 heterocycles. The normalized spacial score (nSPS) is 11.2. The Kier molecular flexibility index (Phi) is 5.70. The predicted molar refractivity (Wildman–Crippen MR) is 115 cm³/mol. The number of carbonyl (C=O) groups is 1. The van der Waals surface area contributed by atoms with Crippen LogP contribution < -0.4 is 10.0 Å². The molecule has 6 nitrogen and oxygen atoms in total. The fourth-order valence-electron chi connectivity index (χ4n) is 2.87. The van der Waals surface area contributed by atoms with Gasteiger partial charge in [-0.1, -0.05) is 18.2 Å². The lowest BCUT2D eigenvalue weighted by atomic mass is 10.0. The average molecular weight is 410 g/mol. The number of carbonyl (C=O) groups excluding carboxylic acids is 1. The molecular weight excluding hydrogens is 386 g/mol. The number of sulfonamides is 1. The van der Waals surface area contributed by atoms with Crippen molar-refractivity contribution in [2.75, 3.05) is 10.0 Å². The second kappa shape index (κ2) is 8.05. The van der Waals surface area contributed by atoms with E-state index in [1.165, 1.54) is 6.92 Å². The minimum Gasteiger partial charge on any atom is -0.325 e. The molecule has 2 aromatic carbocycles. The maximum Gasteiger partial charge on any atom is 0.261 e. The van der Waals surface area contributed by atoms with Gasteiger partial charge < -0.3 is 5.32 Å². The summed E-state index contributed by atoms with van der Waals surface area (Å²) in [5, 5.41) is 2.70. The zero-order valence-electron chi connectivity index (χ0n) is 16.8. The van der Waals surface area contributed by atoms with Crippen LogP contribution in [-0.2, 0) is 14.8 Å². The summed E-state index contributed by atoms with van der Waals surface area (Å²) in [5.41, 5.74) is 5.37. The summed E-state index contributed by atoms with van der Waals surface area (Å²) in [6.07, 6.45) is 3.22. The Balaban J connectivity index is 1.95. The maximum absolute atomic E-state index is 12.9. The SMILES string of the molecule is CC(=O)Nc1cncc(-c2ccc(C)c(NS(=O)(=O)c3ccc(C)c(C)c3)c2)c1. The van der Waals surface area contributed by atoms with E-state index < -0.39 is 10.0 Å². The van der Waals surface area contributed by atoms with Crippen LogP contribution in [0.3, 0.4) is 0 Å². The van der Waals surface area contributed by atoms with Crippen molar-refractivity contribution in [3.05, 3.63) is 71.5 Å². The zero-order chi connectivity index (χ0) is 21.2. The topological polar surface area (TPSA) is 88.2 Å². The molecule has 1 amide bonds. The summed E-state index contributed by atoms with van der Waals surface area (Å²) in [4.78, 5) is 15.7. The molecule has 0 saturated carbocycles. The van der Waals surface area contributed by atoms with Gasteiger partial charge in [-0.05, 0) is 67.3 Å². The Morgan fingerprint density at radius 3 is 2.28 bits per heavy atom. The van der Waals surface area contributed by atoms with Crippen molar-refractivity contribution in [3.8, 4) is 11.1 Å². The summed E-state index contributed by atoms with van der Waals surface area (Å²) >= 11 is 0. The fraction of sp³-hybridized carbons (Fsp3) is 0.182. The molecule has 0 radical (unpaired) electrons.